The largest absolute Gasteiger partial charge is 0.304 e. The van der Waals surface area contributed by atoms with E-state index in [1.807, 2.05) is 6.20 Å². The summed E-state index contributed by atoms with van der Waals surface area (Å²) >= 11 is 5.33. The molecule has 1 aromatic heterocycles. The summed E-state index contributed by atoms with van der Waals surface area (Å²) in [6.45, 7) is 5.22. The number of thiazole rings is 1. The van der Waals surface area contributed by atoms with Gasteiger partial charge in [-0.15, -0.1) is 11.3 Å². The summed E-state index contributed by atoms with van der Waals surface area (Å²) in [4.78, 5) is 5.81. The zero-order valence-electron chi connectivity index (χ0n) is 11.3. The van der Waals surface area contributed by atoms with E-state index in [1.165, 1.54) is 15.4 Å². The first kappa shape index (κ1) is 14.7. The summed E-state index contributed by atoms with van der Waals surface area (Å²) < 4.78 is 1.13. The van der Waals surface area contributed by atoms with Gasteiger partial charge in [-0.2, -0.15) is 0 Å². The molecule has 0 amide bonds. The molecule has 0 radical (unpaired) electrons. The fourth-order valence-corrected chi connectivity index (χ4v) is 3.26. The lowest BCUT2D eigenvalue weighted by Gasteiger charge is -2.17. The second kappa shape index (κ2) is 7.17. The Morgan fingerprint density at radius 3 is 2.84 bits per heavy atom. The maximum Gasteiger partial charge on any atom is 0.107 e. The minimum Gasteiger partial charge on any atom is -0.304 e. The van der Waals surface area contributed by atoms with Gasteiger partial charge in [0.25, 0.3) is 0 Å². The number of aromatic nitrogens is 1. The number of rotatable bonds is 6. The van der Waals surface area contributed by atoms with Crippen molar-refractivity contribution in [3.05, 3.63) is 50.4 Å². The van der Waals surface area contributed by atoms with Crippen molar-refractivity contribution >= 4 is 27.3 Å². The molecule has 0 aliphatic heterocycles. The van der Waals surface area contributed by atoms with Crippen LogP contribution in [0.1, 0.15) is 41.8 Å². The quantitative estimate of drug-likeness (QED) is 0.824. The minimum atomic E-state index is 0.381. The van der Waals surface area contributed by atoms with Crippen LogP contribution in [0.2, 0.25) is 0 Å². The van der Waals surface area contributed by atoms with Gasteiger partial charge in [0.1, 0.15) is 5.01 Å². The highest BCUT2D eigenvalue weighted by Crippen LogP contribution is 2.22. The van der Waals surface area contributed by atoms with Crippen LogP contribution in [0.25, 0.3) is 0 Å². The summed E-state index contributed by atoms with van der Waals surface area (Å²) in [5, 5.41) is 4.77. The average Bonchev–Trinajstić information content (AvgIpc) is 2.87. The van der Waals surface area contributed by atoms with Gasteiger partial charge >= 0.3 is 0 Å². The van der Waals surface area contributed by atoms with Crippen LogP contribution in [0.4, 0.5) is 0 Å². The molecule has 2 nitrogen and oxygen atoms in total. The fourth-order valence-electron chi connectivity index (χ4n) is 2.02. The molecule has 1 unspecified atom stereocenters. The van der Waals surface area contributed by atoms with Crippen molar-refractivity contribution in [3.63, 3.8) is 0 Å². The van der Waals surface area contributed by atoms with Crippen molar-refractivity contribution in [1.29, 1.82) is 0 Å². The van der Waals surface area contributed by atoms with E-state index in [4.69, 9.17) is 0 Å². The smallest absolute Gasteiger partial charge is 0.107 e. The van der Waals surface area contributed by atoms with Gasteiger partial charge in [-0.1, -0.05) is 41.9 Å². The highest BCUT2D eigenvalue weighted by atomic mass is 79.9. The number of aryl methyl sites for hydroxylation is 1. The lowest BCUT2D eigenvalue weighted by molar-refractivity contribution is 0.518. The molecule has 102 valence electrons. The maximum atomic E-state index is 4.45. The monoisotopic (exact) mass is 338 g/mol. The van der Waals surface area contributed by atoms with E-state index in [1.54, 1.807) is 11.3 Å². The highest BCUT2D eigenvalue weighted by Gasteiger charge is 2.10. The molecular weight excluding hydrogens is 320 g/mol. The van der Waals surface area contributed by atoms with E-state index >= 15 is 0 Å². The van der Waals surface area contributed by atoms with Crippen molar-refractivity contribution in [3.8, 4) is 0 Å². The van der Waals surface area contributed by atoms with E-state index in [-0.39, 0.29) is 0 Å². The summed E-state index contributed by atoms with van der Waals surface area (Å²) in [5.74, 6) is 0. The number of hydrogen-bond acceptors (Lipinski definition) is 3. The Kier molecular flexibility index (Phi) is 5.55. The first-order valence-electron chi connectivity index (χ1n) is 6.65. The van der Waals surface area contributed by atoms with Crippen LogP contribution >= 0.6 is 27.3 Å². The molecule has 4 heteroatoms. The van der Waals surface area contributed by atoms with Gasteiger partial charge in [-0.25, -0.2) is 4.98 Å². The molecule has 19 heavy (non-hydrogen) atoms. The van der Waals surface area contributed by atoms with Crippen LogP contribution in [0, 0.1) is 0 Å². The molecule has 2 aromatic rings. The topological polar surface area (TPSA) is 24.9 Å². The van der Waals surface area contributed by atoms with Gasteiger partial charge in [-0.3, -0.25) is 0 Å². The van der Waals surface area contributed by atoms with E-state index in [0.717, 1.165) is 23.9 Å². The van der Waals surface area contributed by atoms with Gasteiger partial charge < -0.3 is 5.32 Å². The minimum absolute atomic E-state index is 0.381. The van der Waals surface area contributed by atoms with E-state index in [0.29, 0.717) is 6.04 Å². The van der Waals surface area contributed by atoms with Gasteiger partial charge in [-0.05, 0) is 30.5 Å². The highest BCUT2D eigenvalue weighted by molar-refractivity contribution is 9.10. The fraction of sp³-hybridized carbons (Fsp3) is 0.400. The standard InChI is InChI=1S/C15H19BrN2S/c1-3-13-9-18-15(19-13)10-17-14(4-2)11-6-5-7-12(16)8-11/h5-9,14,17H,3-4,10H2,1-2H3. The van der Waals surface area contributed by atoms with Gasteiger partial charge in [0, 0.05) is 28.1 Å². The van der Waals surface area contributed by atoms with E-state index in [9.17, 15) is 0 Å². The lowest BCUT2D eigenvalue weighted by atomic mass is 10.0. The normalized spacial score (nSPS) is 12.6. The first-order chi connectivity index (χ1) is 9.22. The molecule has 0 aliphatic rings. The zero-order chi connectivity index (χ0) is 13.7. The molecule has 0 aliphatic carbocycles. The molecule has 1 N–H and O–H groups in total. The zero-order valence-corrected chi connectivity index (χ0v) is 13.7. The first-order valence-corrected chi connectivity index (χ1v) is 8.26. The predicted molar refractivity (Wildman–Crippen MR) is 85.5 cm³/mol. The molecule has 0 spiro atoms. The Balaban J connectivity index is 1.99. The molecule has 0 bridgehead atoms. The maximum absolute atomic E-state index is 4.45. The Morgan fingerprint density at radius 1 is 1.37 bits per heavy atom. The van der Waals surface area contributed by atoms with Crippen molar-refractivity contribution < 1.29 is 0 Å². The van der Waals surface area contributed by atoms with Crippen LogP contribution in [0.3, 0.4) is 0 Å². The van der Waals surface area contributed by atoms with Gasteiger partial charge in [0.2, 0.25) is 0 Å². The molecule has 1 atom stereocenters. The van der Waals surface area contributed by atoms with Crippen LogP contribution in [0.15, 0.2) is 34.9 Å². The van der Waals surface area contributed by atoms with Crippen molar-refractivity contribution in [2.24, 2.45) is 0 Å². The Labute approximate surface area is 127 Å². The van der Waals surface area contributed by atoms with Crippen molar-refractivity contribution in [2.45, 2.75) is 39.3 Å². The van der Waals surface area contributed by atoms with E-state index in [2.05, 4.69) is 64.3 Å². The third-order valence-corrected chi connectivity index (χ3v) is 4.74. The lowest BCUT2D eigenvalue weighted by Crippen LogP contribution is -2.20. The molecule has 0 fully saturated rings. The number of nitrogens with zero attached hydrogens (tertiary/aromatic N) is 1. The summed E-state index contributed by atoms with van der Waals surface area (Å²) in [5.41, 5.74) is 1.32. The van der Waals surface area contributed by atoms with Crippen LogP contribution in [-0.2, 0) is 13.0 Å². The molecule has 0 saturated heterocycles. The predicted octanol–water partition coefficient (Wildman–Crippen LogP) is 4.71. The van der Waals surface area contributed by atoms with Crippen LogP contribution in [0.5, 0.6) is 0 Å². The molecular formula is C15H19BrN2S. The van der Waals surface area contributed by atoms with Crippen LogP contribution in [-0.4, -0.2) is 4.98 Å². The third-order valence-electron chi connectivity index (χ3n) is 3.11. The Bertz CT molecular complexity index is 524. The summed E-state index contributed by atoms with van der Waals surface area (Å²) in [6.07, 6.45) is 4.13. The summed E-state index contributed by atoms with van der Waals surface area (Å²) in [6, 6.07) is 8.88. The number of hydrogen-bond donors (Lipinski definition) is 1. The molecule has 2 rings (SSSR count). The third kappa shape index (κ3) is 4.13. The van der Waals surface area contributed by atoms with Gasteiger partial charge in [0.15, 0.2) is 0 Å². The molecule has 0 saturated carbocycles. The van der Waals surface area contributed by atoms with Gasteiger partial charge in [0.05, 0.1) is 0 Å². The van der Waals surface area contributed by atoms with Crippen LogP contribution < -0.4 is 5.32 Å². The van der Waals surface area contributed by atoms with E-state index < -0.39 is 0 Å². The molecule has 1 aromatic carbocycles. The number of benzene rings is 1. The second-order valence-corrected chi connectivity index (χ2v) is 6.59. The van der Waals surface area contributed by atoms with Crippen molar-refractivity contribution in [1.82, 2.24) is 10.3 Å². The van der Waals surface area contributed by atoms with Crippen molar-refractivity contribution in [2.75, 3.05) is 0 Å². The average molecular weight is 339 g/mol. The molecule has 1 heterocycles. The summed E-state index contributed by atoms with van der Waals surface area (Å²) in [7, 11) is 0. The SMILES string of the molecule is CCc1cnc(CNC(CC)c2cccc(Br)c2)s1. The Morgan fingerprint density at radius 2 is 2.21 bits per heavy atom. The number of halogens is 1. The number of nitrogens with one attached hydrogen (secondary N) is 1. The second-order valence-electron chi connectivity index (χ2n) is 4.47. The Hall–Kier alpha value is -0.710.